The van der Waals surface area contributed by atoms with E-state index >= 15 is 0 Å². The van der Waals surface area contributed by atoms with Crippen LogP contribution in [0.25, 0.3) is 0 Å². The molecule has 1 heterocycles. The van der Waals surface area contributed by atoms with Crippen molar-refractivity contribution in [2.75, 3.05) is 26.9 Å². The quantitative estimate of drug-likeness (QED) is 0.703. The number of benzene rings is 1. The van der Waals surface area contributed by atoms with Crippen LogP contribution in [-0.4, -0.2) is 38.8 Å². The number of nitrogens with one attached hydrogen (secondary N) is 2. The molecule has 0 saturated carbocycles. The Bertz CT molecular complexity index is 499. The maximum atomic E-state index is 12.3. The average molecular weight is 357 g/mol. The van der Waals surface area contributed by atoms with Crippen molar-refractivity contribution in [1.82, 2.24) is 10.6 Å². The van der Waals surface area contributed by atoms with Crippen molar-refractivity contribution < 1.29 is 14.3 Å². The molecule has 6 heteroatoms. The lowest BCUT2D eigenvalue weighted by molar-refractivity contribution is -0.126. The summed E-state index contributed by atoms with van der Waals surface area (Å²) in [7, 11) is 1.69. The van der Waals surface area contributed by atoms with Crippen molar-refractivity contribution in [2.45, 2.75) is 38.8 Å². The SMILES string of the molecule is COCCCOc1cccc(CNC(=O)[C@H]2CCN[C@@H](C)C2)c1.Cl. The second-order valence-corrected chi connectivity index (χ2v) is 6.14. The van der Waals surface area contributed by atoms with Gasteiger partial charge in [-0.05, 0) is 44.0 Å². The lowest BCUT2D eigenvalue weighted by Crippen LogP contribution is -2.42. The fraction of sp³-hybridized carbons (Fsp3) is 0.611. The van der Waals surface area contributed by atoms with Crippen molar-refractivity contribution in [2.24, 2.45) is 5.92 Å². The maximum absolute atomic E-state index is 12.3. The van der Waals surface area contributed by atoms with Crippen molar-refractivity contribution in [1.29, 1.82) is 0 Å². The molecule has 1 fully saturated rings. The van der Waals surface area contributed by atoms with Gasteiger partial charge in [-0.15, -0.1) is 12.4 Å². The highest BCUT2D eigenvalue weighted by Gasteiger charge is 2.24. The van der Waals surface area contributed by atoms with E-state index in [1.54, 1.807) is 7.11 Å². The molecule has 2 atom stereocenters. The number of ether oxygens (including phenoxy) is 2. The van der Waals surface area contributed by atoms with E-state index in [4.69, 9.17) is 9.47 Å². The van der Waals surface area contributed by atoms with Gasteiger partial charge in [0.15, 0.2) is 0 Å². The van der Waals surface area contributed by atoms with Crippen molar-refractivity contribution in [3.63, 3.8) is 0 Å². The van der Waals surface area contributed by atoms with E-state index in [0.29, 0.717) is 25.8 Å². The molecule has 2 N–H and O–H groups in total. The van der Waals surface area contributed by atoms with E-state index in [0.717, 1.165) is 37.1 Å². The van der Waals surface area contributed by atoms with Crippen LogP contribution in [0.3, 0.4) is 0 Å². The lowest BCUT2D eigenvalue weighted by atomic mass is 9.92. The van der Waals surface area contributed by atoms with Crippen LogP contribution in [-0.2, 0) is 16.1 Å². The summed E-state index contributed by atoms with van der Waals surface area (Å²) in [6.07, 6.45) is 2.69. The van der Waals surface area contributed by atoms with Gasteiger partial charge in [-0.25, -0.2) is 0 Å². The van der Waals surface area contributed by atoms with Crippen LogP contribution in [0.15, 0.2) is 24.3 Å². The third kappa shape index (κ3) is 7.07. The number of hydrogen-bond donors (Lipinski definition) is 2. The molecule has 1 aromatic rings. The first-order chi connectivity index (χ1) is 11.2. The van der Waals surface area contributed by atoms with E-state index in [1.807, 2.05) is 24.3 Å². The molecular weight excluding hydrogens is 328 g/mol. The van der Waals surface area contributed by atoms with E-state index in [9.17, 15) is 4.79 Å². The summed E-state index contributed by atoms with van der Waals surface area (Å²) in [5.41, 5.74) is 1.06. The Morgan fingerprint density at radius 1 is 1.38 bits per heavy atom. The number of piperidine rings is 1. The molecule has 1 aliphatic rings. The summed E-state index contributed by atoms with van der Waals surface area (Å²) in [5.74, 6) is 1.12. The van der Waals surface area contributed by atoms with Crippen LogP contribution in [0.5, 0.6) is 5.75 Å². The first kappa shape index (κ1) is 20.7. The van der Waals surface area contributed by atoms with Crippen molar-refractivity contribution in [3.8, 4) is 5.75 Å². The van der Waals surface area contributed by atoms with Gasteiger partial charge in [-0.1, -0.05) is 12.1 Å². The fourth-order valence-corrected chi connectivity index (χ4v) is 2.84. The molecule has 0 aliphatic carbocycles. The Balaban J connectivity index is 0.00000288. The molecule has 1 aromatic carbocycles. The summed E-state index contributed by atoms with van der Waals surface area (Å²) in [6, 6.07) is 8.31. The van der Waals surface area contributed by atoms with Crippen LogP contribution >= 0.6 is 12.4 Å². The van der Waals surface area contributed by atoms with Gasteiger partial charge in [0.25, 0.3) is 0 Å². The summed E-state index contributed by atoms with van der Waals surface area (Å²) >= 11 is 0. The normalized spacial score (nSPS) is 20.1. The zero-order chi connectivity index (χ0) is 16.5. The zero-order valence-corrected chi connectivity index (χ0v) is 15.4. The number of carbonyl (C=O) groups excluding carboxylic acids is 1. The molecule has 136 valence electrons. The summed E-state index contributed by atoms with van der Waals surface area (Å²) < 4.78 is 10.7. The van der Waals surface area contributed by atoms with Gasteiger partial charge in [0.1, 0.15) is 5.75 Å². The minimum absolute atomic E-state index is 0. The van der Waals surface area contributed by atoms with Crippen LogP contribution in [0.4, 0.5) is 0 Å². The highest BCUT2D eigenvalue weighted by molar-refractivity contribution is 5.85. The first-order valence-electron chi connectivity index (χ1n) is 8.41. The van der Waals surface area contributed by atoms with Gasteiger partial charge in [0.05, 0.1) is 6.61 Å². The highest BCUT2D eigenvalue weighted by Crippen LogP contribution is 2.17. The third-order valence-electron chi connectivity index (χ3n) is 4.12. The second kappa shape index (κ2) is 11.3. The van der Waals surface area contributed by atoms with Crippen molar-refractivity contribution >= 4 is 18.3 Å². The zero-order valence-electron chi connectivity index (χ0n) is 14.5. The Hall–Kier alpha value is -1.30. The monoisotopic (exact) mass is 356 g/mol. The molecule has 2 rings (SSSR count). The molecular formula is C18H29ClN2O3. The molecule has 0 radical (unpaired) electrons. The highest BCUT2D eigenvalue weighted by atomic mass is 35.5. The number of halogens is 1. The lowest BCUT2D eigenvalue weighted by Gasteiger charge is -2.27. The molecule has 1 amide bonds. The molecule has 1 saturated heterocycles. The Labute approximate surface area is 150 Å². The van der Waals surface area contributed by atoms with Gasteiger partial charge in [0.2, 0.25) is 5.91 Å². The van der Waals surface area contributed by atoms with Crippen LogP contribution < -0.4 is 15.4 Å². The predicted molar refractivity (Wildman–Crippen MR) is 97.7 cm³/mol. The van der Waals surface area contributed by atoms with Gasteiger partial charge in [0, 0.05) is 38.6 Å². The molecule has 5 nitrogen and oxygen atoms in total. The van der Waals surface area contributed by atoms with Gasteiger partial charge in [-0.3, -0.25) is 4.79 Å². The number of hydrogen-bond acceptors (Lipinski definition) is 4. The van der Waals surface area contributed by atoms with Crippen LogP contribution in [0.1, 0.15) is 31.7 Å². The number of amides is 1. The molecule has 0 aromatic heterocycles. The fourth-order valence-electron chi connectivity index (χ4n) is 2.84. The van der Waals surface area contributed by atoms with Crippen molar-refractivity contribution in [3.05, 3.63) is 29.8 Å². The minimum Gasteiger partial charge on any atom is -0.493 e. The number of methoxy groups -OCH3 is 1. The number of rotatable bonds is 8. The van der Waals surface area contributed by atoms with Gasteiger partial charge in [-0.2, -0.15) is 0 Å². The number of carbonyl (C=O) groups is 1. The summed E-state index contributed by atoms with van der Waals surface area (Å²) in [6.45, 7) is 4.93. The molecule has 0 unspecified atom stereocenters. The second-order valence-electron chi connectivity index (χ2n) is 6.14. The first-order valence-corrected chi connectivity index (χ1v) is 8.41. The van der Waals surface area contributed by atoms with E-state index in [1.165, 1.54) is 0 Å². The Morgan fingerprint density at radius 2 is 2.21 bits per heavy atom. The average Bonchev–Trinajstić information content (AvgIpc) is 2.57. The van der Waals surface area contributed by atoms with Gasteiger partial charge < -0.3 is 20.1 Å². The Morgan fingerprint density at radius 3 is 2.96 bits per heavy atom. The van der Waals surface area contributed by atoms with E-state index < -0.39 is 0 Å². The molecule has 24 heavy (non-hydrogen) atoms. The topological polar surface area (TPSA) is 59.6 Å². The van der Waals surface area contributed by atoms with E-state index in [2.05, 4.69) is 17.6 Å². The molecule has 0 bridgehead atoms. The smallest absolute Gasteiger partial charge is 0.223 e. The van der Waals surface area contributed by atoms with Gasteiger partial charge >= 0.3 is 0 Å². The van der Waals surface area contributed by atoms with E-state index in [-0.39, 0.29) is 24.2 Å². The summed E-state index contributed by atoms with van der Waals surface area (Å²) in [5, 5.41) is 6.42. The third-order valence-corrected chi connectivity index (χ3v) is 4.12. The predicted octanol–water partition coefficient (Wildman–Crippen LogP) is 2.53. The molecule has 0 spiro atoms. The van der Waals surface area contributed by atoms with Crippen LogP contribution in [0, 0.1) is 5.92 Å². The standard InChI is InChI=1S/C18H28N2O3.ClH/c1-14-11-16(7-8-19-14)18(21)20-13-15-5-3-6-17(12-15)23-10-4-9-22-2;/h3,5-6,12,14,16,19H,4,7-11,13H2,1-2H3,(H,20,21);1H/t14-,16-;/m0./s1. The van der Waals surface area contributed by atoms with Crippen LogP contribution in [0.2, 0.25) is 0 Å². The largest absolute Gasteiger partial charge is 0.493 e. The summed E-state index contributed by atoms with van der Waals surface area (Å²) in [4.78, 5) is 12.3. The minimum atomic E-state index is 0. The molecule has 1 aliphatic heterocycles. The Kier molecular flexibility index (Phi) is 9.76. The maximum Gasteiger partial charge on any atom is 0.223 e.